The van der Waals surface area contributed by atoms with Gasteiger partial charge in [0.05, 0.1) is 24.1 Å². The first-order valence-corrected chi connectivity index (χ1v) is 9.79. The fourth-order valence-corrected chi connectivity index (χ4v) is 4.17. The van der Waals surface area contributed by atoms with Gasteiger partial charge in [-0.25, -0.2) is 0 Å². The lowest BCUT2D eigenvalue weighted by molar-refractivity contribution is -0.146. The normalized spacial score (nSPS) is 19.9. The van der Waals surface area contributed by atoms with Gasteiger partial charge in [-0.1, -0.05) is 24.3 Å². The second-order valence-corrected chi connectivity index (χ2v) is 7.70. The van der Waals surface area contributed by atoms with E-state index in [0.717, 1.165) is 30.5 Å². The van der Waals surface area contributed by atoms with Gasteiger partial charge in [0.15, 0.2) is 6.10 Å². The summed E-state index contributed by atoms with van der Waals surface area (Å²) in [4.78, 5) is 28.9. The summed E-state index contributed by atoms with van der Waals surface area (Å²) < 4.78 is 5.84. The molecular weight excluding hydrogens is 356 g/mol. The minimum atomic E-state index is -0.500. The van der Waals surface area contributed by atoms with Crippen molar-refractivity contribution < 1.29 is 14.3 Å². The Hall–Kier alpha value is -2.67. The van der Waals surface area contributed by atoms with Crippen LogP contribution in [0.2, 0.25) is 0 Å². The molecule has 148 valence electrons. The fourth-order valence-electron chi connectivity index (χ4n) is 4.17. The van der Waals surface area contributed by atoms with E-state index in [1.165, 1.54) is 5.56 Å². The highest BCUT2D eigenvalue weighted by molar-refractivity contribution is 5.95. The lowest BCUT2D eigenvalue weighted by Gasteiger charge is -2.35. The second-order valence-electron chi connectivity index (χ2n) is 7.70. The molecule has 28 heavy (non-hydrogen) atoms. The van der Waals surface area contributed by atoms with E-state index in [2.05, 4.69) is 16.3 Å². The topological polar surface area (TPSA) is 78.5 Å². The fraction of sp³-hybridized carbons (Fsp3) is 0.476. The Kier molecular flexibility index (Phi) is 5.17. The highest BCUT2D eigenvalue weighted by Gasteiger charge is 2.34. The van der Waals surface area contributed by atoms with Crippen LogP contribution in [0.1, 0.15) is 52.0 Å². The van der Waals surface area contributed by atoms with Crippen molar-refractivity contribution in [3.63, 3.8) is 0 Å². The van der Waals surface area contributed by atoms with Gasteiger partial charge in [-0.15, -0.1) is 0 Å². The summed E-state index contributed by atoms with van der Waals surface area (Å²) in [6.07, 6.45) is 3.55. The molecule has 2 aromatic rings. The first-order chi connectivity index (χ1) is 13.6. The van der Waals surface area contributed by atoms with Gasteiger partial charge >= 0.3 is 0 Å². The predicted molar refractivity (Wildman–Crippen MR) is 104 cm³/mol. The smallest absolute Gasteiger partial charge is 0.256 e. The number of aromatic nitrogens is 2. The van der Waals surface area contributed by atoms with Crippen molar-refractivity contribution in [2.45, 2.75) is 31.3 Å². The number of benzene rings is 1. The van der Waals surface area contributed by atoms with E-state index < -0.39 is 6.10 Å². The number of carbonyl (C=O) groups excluding carboxylic acids is 2. The Morgan fingerprint density at radius 2 is 1.96 bits per heavy atom. The third-order valence-electron chi connectivity index (χ3n) is 5.74. The highest BCUT2D eigenvalue weighted by Crippen LogP contribution is 2.33. The Morgan fingerprint density at radius 3 is 2.71 bits per heavy atom. The highest BCUT2D eigenvalue weighted by atomic mass is 16.5. The summed E-state index contributed by atoms with van der Waals surface area (Å²) in [5.41, 5.74) is 3.70. The number of amides is 2. The monoisotopic (exact) mass is 382 g/mol. The van der Waals surface area contributed by atoms with Crippen molar-refractivity contribution in [3.05, 3.63) is 52.8 Å². The Labute approximate surface area is 164 Å². The SMILES string of the molecule is CN(C)C(=O)c1cn[nH]c1C1CCN(C(=O)[C@H]2OCCc3ccccc32)CC1. The molecule has 0 spiro atoms. The van der Waals surface area contributed by atoms with Crippen LogP contribution >= 0.6 is 0 Å². The van der Waals surface area contributed by atoms with Crippen LogP contribution in [0.3, 0.4) is 0 Å². The molecule has 4 rings (SSSR count). The number of hydrogen-bond donors (Lipinski definition) is 1. The van der Waals surface area contributed by atoms with E-state index >= 15 is 0 Å². The summed E-state index contributed by atoms with van der Waals surface area (Å²) in [6, 6.07) is 8.04. The van der Waals surface area contributed by atoms with E-state index in [-0.39, 0.29) is 17.7 Å². The van der Waals surface area contributed by atoms with Crippen molar-refractivity contribution in [2.24, 2.45) is 0 Å². The van der Waals surface area contributed by atoms with Crippen molar-refractivity contribution in [1.29, 1.82) is 0 Å². The summed E-state index contributed by atoms with van der Waals surface area (Å²) >= 11 is 0. The summed E-state index contributed by atoms with van der Waals surface area (Å²) in [7, 11) is 3.48. The van der Waals surface area contributed by atoms with Gasteiger partial charge in [0, 0.05) is 33.1 Å². The average molecular weight is 382 g/mol. The van der Waals surface area contributed by atoms with Crippen LogP contribution in [-0.2, 0) is 16.0 Å². The molecule has 1 N–H and O–H groups in total. The van der Waals surface area contributed by atoms with Gasteiger partial charge in [0.25, 0.3) is 11.8 Å². The largest absolute Gasteiger partial charge is 0.363 e. The quantitative estimate of drug-likeness (QED) is 0.882. The number of fused-ring (bicyclic) bond motifs is 1. The summed E-state index contributed by atoms with van der Waals surface area (Å²) in [5.74, 6) is 0.194. The number of carbonyl (C=O) groups is 2. The molecule has 7 heteroatoms. The van der Waals surface area contributed by atoms with Crippen LogP contribution in [-0.4, -0.2) is 65.6 Å². The second kappa shape index (κ2) is 7.75. The minimum absolute atomic E-state index is 0.0415. The van der Waals surface area contributed by atoms with Crippen LogP contribution < -0.4 is 0 Å². The Bertz CT molecular complexity index is 868. The maximum atomic E-state index is 13.1. The molecular formula is C21H26N4O3. The Balaban J connectivity index is 1.44. The van der Waals surface area contributed by atoms with Gasteiger partial charge in [-0.2, -0.15) is 5.10 Å². The van der Waals surface area contributed by atoms with E-state index in [1.54, 1.807) is 25.2 Å². The maximum absolute atomic E-state index is 13.1. The first-order valence-electron chi connectivity index (χ1n) is 9.79. The van der Waals surface area contributed by atoms with Crippen LogP contribution in [0, 0.1) is 0 Å². The van der Waals surface area contributed by atoms with Crippen LogP contribution in [0.4, 0.5) is 0 Å². The zero-order chi connectivity index (χ0) is 19.7. The van der Waals surface area contributed by atoms with E-state index in [0.29, 0.717) is 25.3 Å². The van der Waals surface area contributed by atoms with Crippen LogP contribution in [0.25, 0.3) is 0 Å². The number of likely N-dealkylation sites (tertiary alicyclic amines) is 1. The van der Waals surface area contributed by atoms with Gasteiger partial charge in [-0.05, 0) is 30.4 Å². The molecule has 1 atom stereocenters. The number of ether oxygens (including phenoxy) is 1. The van der Waals surface area contributed by atoms with E-state index in [4.69, 9.17) is 4.74 Å². The molecule has 1 aromatic heterocycles. The Morgan fingerprint density at radius 1 is 1.21 bits per heavy atom. The predicted octanol–water partition coefficient (Wildman–Crippen LogP) is 2.13. The molecule has 1 saturated heterocycles. The first kappa shape index (κ1) is 18.7. The van der Waals surface area contributed by atoms with Crippen molar-refractivity contribution >= 4 is 11.8 Å². The van der Waals surface area contributed by atoms with Crippen molar-refractivity contribution in [2.75, 3.05) is 33.8 Å². The van der Waals surface area contributed by atoms with Crippen LogP contribution in [0.5, 0.6) is 0 Å². The molecule has 2 aliphatic rings. The number of rotatable bonds is 3. The van der Waals surface area contributed by atoms with E-state index in [9.17, 15) is 9.59 Å². The molecule has 7 nitrogen and oxygen atoms in total. The van der Waals surface area contributed by atoms with Gasteiger partial charge in [0.2, 0.25) is 0 Å². The van der Waals surface area contributed by atoms with Crippen LogP contribution in [0.15, 0.2) is 30.5 Å². The molecule has 1 fully saturated rings. The molecule has 3 heterocycles. The number of piperidine rings is 1. The molecule has 0 aliphatic carbocycles. The zero-order valence-electron chi connectivity index (χ0n) is 16.4. The summed E-state index contributed by atoms with van der Waals surface area (Å²) in [5, 5.41) is 7.09. The molecule has 2 amide bonds. The van der Waals surface area contributed by atoms with Gasteiger partial charge in [-0.3, -0.25) is 14.7 Å². The lowest BCUT2D eigenvalue weighted by atomic mass is 9.90. The zero-order valence-corrected chi connectivity index (χ0v) is 16.4. The summed E-state index contributed by atoms with van der Waals surface area (Å²) in [6.45, 7) is 1.88. The molecule has 0 unspecified atom stereocenters. The number of H-pyrrole nitrogens is 1. The molecule has 2 aliphatic heterocycles. The number of nitrogens with one attached hydrogen (secondary N) is 1. The third kappa shape index (κ3) is 3.42. The molecule has 1 aromatic carbocycles. The van der Waals surface area contributed by atoms with Crippen molar-refractivity contribution in [3.8, 4) is 0 Å². The average Bonchev–Trinajstić information content (AvgIpc) is 3.22. The lowest BCUT2D eigenvalue weighted by Crippen LogP contribution is -2.42. The number of hydrogen-bond acceptors (Lipinski definition) is 4. The minimum Gasteiger partial charge on any atom is -0.363 e. The van der Waals surface area contributed by atoms with Gasteiger partial charge in [0.1, 0.15) is 0 Å². The molecule has 0 bridgehead atoms. The standard InChI is InChI=1S/C21H26N4O3/c1-24(2)20(26)17-13-22-23-18(17)15-7-10-25(11-8-15)21(27)19-16-6-4-3-5-14(16)9-12-28-19/h3-6,13,15,19H,7-12H2,1-2H3,(H,22,23)/t19-/m0/s1. The third-order valence-corrected chi connectivity index (χ3v) is 5.74. The maximum Gasteiger partial charge on any atom is 0.256 e. The molecule has 0 radical (unpaired) electrons. The molecule has 0 saturated carbocycles. The van der Waals surface area contributed by atoms with Crippen molar-refractivity contribution in [1.82, 2.24) is 20.0 Å². The number of aromatic amines is 1. The van der Waals surface area contributed by atoms with Gasteiger partial charge < -0.3 is 14.5 Å². The number of nitrogens with zero attached hydrogens (tertiary/aromatic N) is 3. The van der Waals surface area contributed by atoms with E-state index in [1.807, 2.05) is 23.1 Å².